The van der Waals surface area contributed by atoms with E-state index in [9.17, 15) is 4.79 Å². The number of rotatable bonds is 15. The average Bonchev–Trinajstić information content (AvgIpc) is 3.18. The monoisotopic (exact) mass is 728 g/mol. The van der Waals surface area contributed by atoms with Crippen LogP contribution in [0, 0.1) is 0 Å². The normalized spacial score (nSPS) is 13.7. The van der Waals surface area contributed by atoms with Gasteiger partial charge in [0.25, 0.3) is 0 Å². The lowest BCUT2D eigenvalue weighted by Crippen LogP contribution is -2.62. The molecule has 0 radical (unpaired) electrons. The van der Waals surface area contributed by atoms with Crippen LogP contribution in [0.15, 0.2) is 65.3 Å². The lowest BCUT2D eigenvalue weighted by molar-refractivity contribution is -0.146. The molecule has 1 amide bonds. The molecule has 294 valence electrons. The highest BCUT2D eigenvalue weighted by molar-refractivity contribution is 5.86. The molecule has 52 heavy (non-hydrogen) atoms. The summed E-state index contributed by atoms with van der Waals surface area (Å²) in [6.07, 6.45) is 10.4. The van der Waals surface area contributed by atoms with Crippen molar-refractivity contribution in [2.75, 3.05) is 83.4 Å². The Morgan fingerprint density at radius 2 is 1.31 bits per heavy atom. The van der Waals surface area contributed by atoms with Crippen LogP contribution in [-0.2, 0) is 17.9 Å². The highest BCUT2D eigenvalue weighted by atomic mass is 16.5. The van der Waals surface area contributed by atoms with Crippen molar-refractivity contribution in [1.82, 2.24) is 19.7 Å². The number of benzene rings is 2. The number of nitrogens with zero attached hydrogens (tertiary/aromatic N) is 5. The smallest absolute Gasteiger partial charge is 0.243 e. The standard InChI is InChI=1S/C28H41N3O5.C9H16.C3H8N2.CH4O/c1-8-30(3)28(27(32)29(2)19-21-13-23(33-4)17-24(14-21)34-5)9-11-31(12-10-28)20-22-15-25(35-6)18-26(16-22)36-7;1-4-6-7-8-9(3)5-2;1-4-5(2)3;1-2/h13-18H,8-12,19-20H2,1-7H3;4-6H,7-8H2,1-3H3;1H2,2-3H3;2H,1H3/b;6-4-,9-5-;;. The molecule has 0 aromatic heterocycles. The number of carbonyl (C=O) groups is 1. The molecule has 1 saturated heterocycles. The summed E-state index contributed by atoms with van der Waals surface area (Å²) in [6.45, 7) is 15.4. The molecular weight excluding hydrogens is 658 g/mol. The van der Waals surface area contributed by atoms with Gasteiger partial charge in [-0.25, -0.2) is 0 Å². The molecule has 11 nitrogen and oxygen atoms in total. The van der Waals surface area contributed by atoms with Crippen LogP contribution in [0.5, 0.6) is 23.0 Å². The Kier molecular flexibility index (Phi) is 24.6. The van der Waals surface area contributed by atoms with Gasteiger partial charge < -0.3 is 34.0 Å². The van der Waals surface area contributed by atoms with E-state index in [0.29, 0.717) is 18.0 Å². The third kappa shape index (κ3) is 16.5. The number of allylic oxidation sites excluding steroid dienone is 4. The molecule has 2 aromatic rings. The van der Waals surface area contributed by atoms with E-state index in [1.165, 1.54) is 18.4 Å². The predicted octanol–water partition coefficient (Wildman–Crippen LogP) is 6.75. The van der Waals surface area contributed by atoms with Gasteiger partial charge in [0.15, 0.2) is 0 Å². The molecule has 1 fully saturated rings. The fourth-order valence-electron chi connectivity index (χ4n) is 5.64. The Morgan fingerprint density at radius 1 is 0.865 bits per heavy atom. The van der Waals surface area contributed by atoms with Crippen LogP contribution < -0.4 is 18.9 Å². The number of ether oxygens (including phenoxy) is 4. The zero-order valence-electron chi connectivity index (χ0n) is 34.5. The van der Waals surface area contributed by atoms with Crippen molar-refractivity contribution in [3.63, 3.8) is 0 Å². The zero-order valence-corrected chi connectivity index (χ0v) is 34.5. The van der Waals surface area contributed by atoms with Crippen molar-refractivity contribution in [3.8, 4) is 23.0 Å². The fourth-order valence-corrected chi connectivity index (χ4v) is 5.64. The van der Waals surface area contributed by atoms with E-state index >= 15 is 0 Å². The molecule has 1 heterocycles. The maximum Gasteiger partial charge on any atom is 0.243 e. The third-order valence-corrected chi connectivity index (χ3v) is 9.00. The topological polar surface area (TPSA) is 99.5 Å². The second-order valence-electron chi connectivity index (χ2n) is 12.7. The van der Waals surface area contributed by atoms with Gasteiger partial charge in [0.05, 0.1) is 28.4 Å². The lowest BCUT2D eigenvalue weighted by Gasteiger charge is -2.47. The van der Waals surface area contributed by atoms with Crippen LogP contribution in [0.4, 0.5) is 0 Å². The number of carbonyl (C=O) groups excluding carboxylic acids is 1. The zero-order chi connectivity index (χ0) is 39.7. The first kappa shape index (κ1) is 47.9. The predicted molar refractivity (Wildman–Crippen MR) is 216 cm³/mol. The van der Waals surface area contributed by atoms with E-state index in [4.69, 9.17) is 24.1 Å². The summed E-state index contributed by atoms with van der Waals surface area (Å²) in [5, 5.41) is 12.1. The first-order chi connectivity index (χ1) is 24.9. The molecule has 1 aliphatic rings. The Balaban J connectivity index is 0.00000136. The lowest BCUT2D eigenvalue weighted by atomic mass is 9.84. The number of likely N-dealkylation sites (N-methyl/N-ethyl adjacent to an activating group) is 2. The van der Waals surface area contributed by atoms with E-state index in [1.807, 2.05) is 62.4 Å². The Morgan fingerprint density at radius 3 is 1.67 bits per heavy atom. The van der Waals surface area contributed by atoms with Crippen molar-refractivity contribution in [3.05, 3.63) is 71.3 Å². The van der Waals surface area contributed by atoms with Gasteiger partial charge in [0.2, 0.25) is 5.91 Å². The number of aliphatic hydroxyl groups excluding tert-OH is 1. The summed E-state index contributed by atoms with van der Waals surface area (Å²) in [6, 6.07) is 11.7. The van der Waals surface area contributed by atoms with Gasteiger partial charge in [0.1, 0.15) is 28.5 Å². The van der Waals surface area contributed by atoms with Gasteiger partial charge in [-0.1, -0.05) is 30.7 Å². The van der Waals surface area contributed by atoms with Crippen LogP contribution in [-0.4, -0.2) is 126 Å². The molecule has 11 heteroatoms. The summed E-state index contributed by atoms with van der Waals surface area (Å²) in [5.74, 6) is 3.15. The molecule has 0 unspecified atom stereocenters. The highest BCUT2D eigenvalue weighted by Crippen LogP contribution is 2.33. The van der Waals surface area contributed by atoms with Crippen LogP contribution in [0.2, 0.25) is 0 Å². The minimum Gasteiger partial charge on any atom is -0.497 e. The van der Waals surface area contributed by atoms with Crippen LogP contribution in [0.3, 0.4) is 0 Å². The third-order valence-electron chi connectivity index (χ3n) is 9.00. The Hall–Kier alpha value is -4.06. The van der Waals surface area contributed by atoms with E-state index in [2.05, 4.69) is 74.6 Å². The second-order valence-corrected chi connectivity index (χ2v) is 12.7. The number of piperidine rings is 1. The summed E-state index contributed by atoms with van der Waals surface area (Å²) in [7, 11) is 15.2. The SMILES string of the molecule is C/C=C\CC/C(C)=C\C.C=NN(C)C.CCN(C)C1(C(=O)N(C)Cc2cc(OC)cc(OC)c2)CCN(Cc2cc(OC)cc(OC)c2)CC1.CO. The number of hydrogen-bond acceptors (Lipinski definition) is 10. The van der Waals surface area contributed by atoms with E-state index in [-0.39, 0.29) is 5.91 Å². The first-order valence-electron chi connectivity index (χ1n) is 17.8. The van der Waals surface area contributed by atoms with Crippen LogP contribution >= 0.6 is 0 Å². The van der Waals surface area contributed by atoms with Crippen molar-refractivity contribution in [2.45, 2.75) is 72.0 Å². The maximum atomic E-state index is 13.9. The summed E-state index contributed by atoms with van der Waals surface area (Å²) >= 11 is 0. The summed E-state index contributed by atoms with van der Waals surface area (Å²) < 4.78 is 21.7. The maximum absolute atomic E-state index is 13.9. The van der Waals surface area contributed by atoms with Gasteiger partial charge in [-0.15, -0.1) is 0 Å². The molecule has 0 aliphatic carbocycles. The van der Waals surface area contributed by atoms with Crippen molar-refractivity contribution in [2.24, 2.45) is 5.10 Å². The Labute approximate surface area is 315 Å². The van der Waals surface area contributed by atoms with Gasteiger partial charge in [-0.3, -0.25) is 14.6 Å². The molecule has 3 rings (SSSR count). The molecule has 1 N–H and O–H groups in total. The molecule has 0 spiro atoms. The number of likely N-dealkylation sites (tertiary alicyclic amines) is 1. The quantitative estimate of drug-likeness (QED) is 0.121. The number of methoxy groups -OCH3 is 4. The van der Waals surface area contributed by atoms with Gasteiger partial charge in [-0.2, -0.15) is 5.10 Å². The number of hydrazone groups is 1. The number of hydrogen-bond donors (Lipinski definition) is 1. The average molecular weight is 728 g/mol. The minimum absolute atomic E-state index is 0.149. The van der Waals surface area contributed by atoms with Gasteiger partial charge in [-0.05, 0) is 95.4 Å². The summed E-state index contributed by atoms with van der Waals surface area (Å²) in [5.41, 5.74) is 3.06. The van der Waals surface area contributed by atoms with Gasteiger partial charge in [0, 0.05) is 73.3 Å². The van der Waals surface area contributed by atoms with Crippen LogP contribution in [0.1, 0.15) is 64.5 Å². The molecule has 0 saturated carbocycles. The minimum atomic E-state index is -0.533. The molecule has 2 aromatic carbocycles. The molecule has 0 bridgehead atoms. The van der Waals surface area contributed by atoms with Crippen molar-refractivity contribution in [1.29, 1.82) is 0 Å². The second kappa shape index (κ2) is 26.7. The van der Waals surface area contributed by atoms with E-state index < -0.39 is 5.54 Å². The highest BCUT2D eigenvalue weighted by Gasteiger charge is 2.45. The Bertz CT molecular complexity index is 1310. The molecular formula is C41H69N5O6. The molecule has 0 atom stereocenters. The molecule has 1 aliphatic heterocycles. The largest absolute Gasteiger partial charge is 0.497 e. The first-order valence-corrected chi connectivity index (χ1v) is 17.8. The summed E-state index contributed by atoms with van der Waals surface area (Å²) in [4.78, 5) is 20.4. The number of aliphatic hydroxyl groups is 1. The van der Waals surface area contributed by atoms with E-state index in [0.717, 1.165) is 68.8 Å². The van der Waals surface area contributed by atoms with Crippen molar-refractivity contribution >= 4 is 12.6 Å². The van der Waals surface area contributed by atoms with Gasteiger partial charge >= 0.3 is 0 Å². The van der Waals surface area contributed by atoms with E-state index in [1.54, 1.807) is 33.4 Å². The van der Waals surface area contributed by atoms with Crippen molar-refractivity contribution < 1.29 is 28.8 Å². The van der Waals surface area contributed by atoms with Crippen LogP contribution in [0.25, 0.3) is 0 Å². The number of amides is 1. The fraction of sp³-hybridized carbons (Fsp3) is 0.561.